The average molecular weight is 338 g/mol. The van der Waals surface area contributed by atoms with E-state index in [9.17, 15) is 14.7 Å². The molecule has 1 heterocycles. The Morgan fingerprint density at radius 1 is 1.16 bits per heavy atom. The first-order valence-electron chi connectivity index (χ1n) is 8.26. The summed E-state index contributed by atoms with van der Waals surface area (Å²) in [6.07, 6.45) is 0.755. The summed E-state index contributed by atoms with van der Waals surface area (Å²) in [5.41, 5.74) is 3.79. The minimum absolute atomic E-state index is 0.0280. The molecule has 0 aromatic heterocycles. The largest absolute Gasteiger partial charge is 0.478 e. The predicted octanol–water partition coefficient (Wildman–Crippen LogP) is 3.48. The summed E-state index contributed by atoms with van der Waals surface area (Å²) in [7, 11) is 1.62. The molecule has 0 bridgehead atoms. The lowest BCUT2D eigenvalue weighted by Gasteiger charge is -2.41. The van der Waals surface area contributed by atoms with Gasteiger partial charge in [-0.05, 0) is 53.3 Å². The van der Waals surface area contributed by atoms with Crippen molar-refractivity contribution in [1.29, 1.82) is 0 Å². The third-order valence-corrected chi connectivity index (χ3v) is 4.79. The maximum absolute atomic E-state index is 11.9. The Bertz CT molecular complexity index is 843. The lowest BCUT2D eigenvalue weighted by molar-refractivity contribution is 0.0696. The fraction of sp³-hybridized carbons (Fsp3) is 0.300. The standard InChI is InChI=1S/C20H22N2O3/c1-20(2)11-15-10-14(19(24)25)7-8-16(15)22-17(20)12-5-4-6-13(9-12)18(23)21-3/h4-10,17,22H,11H2,1-3H3,(H,21,23)(H,24,25). The van der Waals surface area contributed by atoms with Crippen LogP contribution in [0.4, 0.5) is 5.69 Å². The predicted molar refractivity (Wildman–Crippen MR) is 97.1 cm³/mol. The van der Waals surface area contributed by atoms with Crippen LogP contribution in [0.3, 0.4) is 0 Å². The average Bonchev–Trinajstić information content (AvgIpc) is 2.59. The van der Waals surface area contributed by atoms with Crippen LogP contribution >= 0.6 is 0 Å². The van der Waals surface area contributed by atoms with Gasteiger partial charge in [0.25, 0.3) is 5.91 Å². The molecule has 130 valence electrons. The Morgan fingerprint density at radius 2 is 1.92 bits per heavy atom. The summed E-state index contributed by atoms with van der Waals surface area (Å²) in [5.74, 6) is -1.03. The summed E-state index contributed by atoms with van der Waals surface area (Å²) in [6, 6.07) is 12.8. The lowest BCUT2D eigenvalue weighted by atomic mass is 9.72. The smallest absolute Gasteiger partial charge is 0.335 e. The van der Waals surface area contributed by atoms with Crippen molar-refractivity contribution < 1.29 is 14.7 Å². The first kappa shape index (κ1) is 17.0. The van der Waals surface area contributed by atoms with Crippen LogP contribution in [0.25, 0.3) is 0 Å². The number of carboxylic acid groups (broad SMARTS) is 1. The number of carbonyl (C=O) groups is 2. The molecule has 0 saturated heterocycles. The highest BCUT2D eigenvalue weighted by Crippen LogP contribution is 2.45. The molecule has 2 aromatic carbocycles. The molecule has 0 fully saturated rings. The van der Waals surface area contributed by atoms with Crippen molar-refractivity contribution in [1.82, 2.24) is 5.32 Å². The molecule has 3 rings (SSSR count). The van der Waals surface area contributed by atoms with Gasteiger partial charge in [0.15, 0.2) is 0 Å². The molecular weight excluding hydrogens is 316 g/mol. The molecule has 0 saturated carbocycles. The molecule has 0 spiro atoms. The van der Waals surface area contributed by atoms with E-state index in [1.54, 1.807) is 25.2 Å². The molecular formula is C20H22N2O3. The third-order valence-electron chi connectivity index (χ3n) is 4.79. The summed E-state index contributed by atoms with van der Waals surface area (Å²) in [6.45, 7) is 4.29. The second-order valence-corrected chi connectivity index (χ2v) is 7.12. The minimum Gasteiger partial charge on any atom is -0.478 e. The number of benzene rings is 2. The summed E-state index contributed by atoms with van der Waals surface area (Å²) >= 11 is 0. The summed E-state index contributed by atoms with van der Waals surface area (Å²) < 4.78 is 0. The molecule has 1 unspecified atom stereocenters. The SMILES string of the molecule is CNC(=O)c1cccc(C2Nc3ccc(C(=O)O)cc3CC2(C)C)c1. The van der Waals surface area contributed by atoms with Crippen molar-refractivity contribution in [3.63, 3.8) is 0 Å². The van der Waals surface area contributed by atoms with Crippen LogP contribution in [0.5, 0.6) is 0 Å². The van der Waals surface area contributed by atoms with E-state index < -0.39 is 5.97 Å². The van der Waals surface area contributed by atoms with Crippen LogP contribution in [0.15, 0.2) is 42.5 Å². The molecule has 0 aliphatic carbocycles. The first-order chi connectivity index (χ1) is 11.8. The number of hydrogen-bond acceptors (Lipinski definition) is 3. The maximum atomic E-state index is 11.9. The zero-order valence-electron chi connectivity index (χ0n) is 14.6. The second-order valence-electron chi connectivity index (χ2n) is 7.12. The fourth-order valence-electron chi connectivity index (χ4n) is 3.50. The molecule has 5 heteroatoms. The number of anilines is 1. The van der Waals surface area contributed by atoms with Crippen LogP contribution in [0.2, 0.25) is 0 Å². The van der Waals surface area contributed by atoms with E-state index >= 15 is 0 Å². The van der Waals surface area contributed by atoms with Gasteiger partial charge >= 0.3 is 5.97 Å². The Hall–Kier alpha value is -2.82. The molecule has 1 amide bonds. The van der Waals surface area contributed by atoms with E-state index in [1.165, 1.54) is 0 Å². The van der Waals surface area contributed by atoms with Crippen molar-refractivity contribution in [3.05, 3.63) is 64.7 Å². The van der Waals surface area contributed by atoms with Gasteiger partial charge in [-0.15, -0.1) is 0 Å². The van der Waals surface area contributed by atoms with Crippen molar-refractivity contribution in [2.75, 3.05) is 12.4 Å². The fourth-order valence-corrected chi connectivity index (χ4v) is 3.50. The van der Waals surface area contributed by atoms with E-state index in [0.29, 0.717) is 11.1 Å². The maximum Gasteiger partial charge on any atom is 0.335 e. The Balaban J connectivity index is 1.98. The van der Waals surface area contributed by atoms with Crippen molar-refractivity contribution in [2.24, 2.45) is 5.41 Å². The van der Waals surface area contributed by atoms with Gasteiger partial charge in [0.1, 0.15) is 0 Å². The second kappa shape index (κ2) is 6.24. The van der Waals surface area contributed by atoms with E-state index in [-0.39, 0.29) is 17.4 Å². The molecule has 2 aromatic rings. The van der Waals surface area contributed by atoms with E-state index in [1.807, 2.05) is 24.3 Å². The van der Waals surface area contributed by atoms with Gasteiger partial charge in [-0.2, -0.15) is 0 Å². The highest BCUT2D eigenvalue weighted by atomic mass is 16.4. The third kappa shape index (κ3) is 3.22. The molecule has 25 heavy (non-hydrogen) atoms. The number of nitrogens with one attached hydrogen (secondary N) is 2. The summed E-state index contributed by atoms with van der Waals surface area (Å²) in [4.78, 5) is 23.1. The Kier molecular flexibility index (Phi) is 4.25. The van der Waals surface area contributed by atoms with Gasteiger partial charge < -0.3 is 15.7 Å². The van der Waals surface area contributed by atoms with Crippen LogP contribution in [-0.4, -0.2) is 24.0 Å². The van der Waals surface area contributed by atoms with Gasteiger partial charge in [0.05, 0.1) is 11.6 Å². The number of carboxylic acids is 1. The highest BCUT2D eigenvalue weighted by Gasteiger charge is 2.36. The molecule has 1 atom stereocenters. The van der Waals surface area contributed by atoms with Crippen LogP contribution < -0.4 is 10.6 Å². The highest BCUT2D eigenvalue weighted by molar-refractivity contribution is 5.94. The van der Waals surface area contributed by atoms with Crippen molar-refractivity contribution in [3.8, 4) is 0 Å². The van der Waals surface area contributed by atoms with Gasteiger partial charge in [-0.3, -0.25) is 4.79 Å². The zero-order valence-corrected chi connectivity index (χ0v) is 14.6. The number of fused-ring (bicyclic) bond motifs is 1. The van der Waals surface area contributed by atoms with Gasteiger partial charge in [-0.1, -0.05) is 26.0 Å². The normalized spacial score (nSPS) is 18.0. The summed E-state index contributed by atoms with van der Waals surface area (Å²) in [5, 5.41) is 15.4. The first-order valence-corrected chi connectivity index (χ1v) is 8.26. The minimum atomic E-state index is -0.916. The topological polar surface area (TPSA) is 78.4 Å². The number of amides is 1. The molecule has 1 aliphatic rings. The van der Waals surface area contributed by atoms with Crippen LogP contribution in [-0.2, 0) is 6.42 Å². The van der Waals surface area contributed by atoms with E-state index in [0.717, 1.165) is 23.2 Å². The van der Waals surface area contributed by atoms with Gasteiger partial charge in [-0.25, -0.2) is 4.79 Å². The van der Waals surface area contributed by atoms with Crippen LogP contribution in [0.1, 0.15) is 51.7 Å². The number of carbonyl (C=O) groups excluding carboxylic acids is 1. The van der Waals surface area contributed by atoms with Crippen molar-refractivity contribution >= 4 is 17.6 Å². The van der Waals surface area contributed by atoms with Crippen molar-refractivity contribution in [2.45, 2.75) is 26.3 Å². The molecule has 3 N–H and O–H groups in total. The number of rotatable bonds is 3. The van der Waals surface area contributed by atoms with E-state index in [2.05, 4.69) is 24.5 Å². The van der Waals surface area contributed by atoms with Gasteiger partial charge in [0, 0.05) is 18.3 Å². The van der Waals surface area contributed by atoms with Crippen LogP contribution in [0, 0.1) is 5.41 Å². The molecule has 5 nitrogen and oxygen atoms in total. The Labute approximate surface area is 147 Å². The number of hydrogen-bond donors (Lipinski definition) is 3. The van der Waals surface area contributed by atoms with Gasteiger partial charge in [0.2, 0.25) is 0 Å². The monoisotopic (exact) mass is 338 g/mol. The molecule has 0 radical (unpaired) electrons. The number of aromatic carboxylic acids is 1. The Morgan fingerprint density at radius 3 is 2.60 bits per heavy atom. The molecule has 1 aliphatic heterocycles. The zero-order chi connectivity index (χ0) is 18.2. The quantitative estimate of drug-likeness (QED) is 0.800. The van der Waals surface area contributed by atoms with E-state index in [4.69, 9.17) is 0 Å². The lowest BCUT2D eigenvalue weighted by Crippen LogP contribution is -2.35.